The van der Waals surface area contributed by atoms with Gasteiger partial charge in [0.15, 0.2) is 0 Å². The second-order valence-corrected chi connectivity index (χ2v) is 8.25. The first-order valence-electron chi connectivity index (χ1n) is 8.61. The van der Waals surface area contributed by atoms with Gasteiger partial charge in [0.1, 0.15) is 0 Å². The minimum atomic E-state index is 0.467. The lowest BCUT2D eigenvalue weighted by Crippen LogP contribution is -2.51. The van der Waals surface area contributed by atoms with Crippen LogP contribution in [0, 0.1) is 10.8 Å². The van der Waals surface area contributed by atoms with Crippen LogP contribution in [0.5, 0.6) is 0 Å². The summed E-state index contributed by atoms with van der Waals surface area (Å²) >= 11 is 0. The van der Waals surface area contributed by atoms with E-state index < -0.39 is 0 Å². The van der Waals surface area contributed by atoms with Gasteiger partial charge in [-0.1, -0.05) is 13.8 Å². The number of likely N-dealkylation sites (tertiary alicyclic amines) is 1. The summed E-state index contributed by atoms with van der Waals surface area (Å²) in [7, 11) is 0. The maximum absolute atomic E-state index is 5.63. The zero-order chi connectivity index (χ0) is 14.1. The van der Waals surface area contributed by atoms with Gasteiger partial charge in [-0.25, -0.2) is 0 Å². The normalized spacial score (nSPS) is 30.3. The van der Waals surface area contributed by atoms with Gasteiger partial charge in [0, 0.05) is 38.9 Å². The summed E-state index contributed by atoms with van der Waals surface area (Å²) < 4.78 is 5.63. The molecular weight excluding hydrogens is 248 g/mol. The van der Waals surface area contributed by atoms with Gasteiger partial charge in [0.2, 0.25) is 0 Å². The van der Waals surface area contributed by atoms with Gasteiger partial charge >= 0.3 is 0 Å². The van der Waals surface area contributed by atoms with Crippen molar-refractivity contribution in [2.45, 2.75) is 58.4 Å². The van der Waals surface area contributed by atoms with Crippen LogP contribution in [0.1, 0.15) is 52.4 Å². The van der Waals surface area contributed by atoms with Crippen LogP contribution in [-0.4, -0.2) is 50.3 Å². The fraction of sp³-hybridized carbons (Fsp3) is 1.00. The Morgan fingerprint density at radius 2 is 1.90 bits per heavy atom. The molecule has 3 heteroatoms. The molecule has 0 aromatic heterocycles. The summed E-state index contributed by atoms with van der Waals surface area (Å²) in [4.78, 5) is 2.74. The van der Waals surface area contributed by atoms with E-state index in [1.165, 1.54) is 64.7 Å². The Kier molecular flexibility index (Phi) is 4.40. The Hall–Kier alpha value is -0.120. The summed E-state index contributed by atoms with van der Waals surface area (Å²) in [6.45, 7) is 11.8. The van der Waals surface area contributed by atoms with Crippen LogP contribution >= 0.6 is 0 Å². The van der Waals surface area contributed by atoms with E-state index in [9.17, 15) is 0 Å². The third-order valence-corrected chi connectivity index (χ3v) is 5.44. The summed E-state index contributed by atoms with van der Waals surface area (Å²) in [6, 6.07) is 0.826. The largest absolute Gasteiger partial charge is 0.381 e. The lowest BCUT2D eigenvalue weighted by atomic mass is 9.77. The molecule has 116 valence electrons. The zero-order valence-electron chi connectivity index (χ0n) is 13.4. The summed E-state index contributed by atoms with van der Waals surface area (Å²) in [6.07, 6.45) is 8.02. The quantitative estimate of drug-likeness (QED) is 0.838. The predicted molar refractivity (Wildman–Crippen MR) is 83.0 cm³/mol. The minimum absolute atomic E-state index is 0.467. The molecular formula is C17H32N2O. The molecule has 0 aromatic rings. The smallest absolute Gasteiger partial charge is 0.0472 e. The molecule has 2 saturated heterocycles. The maximum Gasteiger partial charge on any atom is 0.0472 e. The van der Waals surface area contributed by atoms with Gasteiger partial charge in [-0.05, 0) is 55.9 Å². The summed E-state index contributed by atoms with van der Waals surface area (Å²) in [5.41, 5.74) is 0.975. The van der Waals surface area contributed by atoms with E-state index >= 15 is 0 Å². The summed E-state index contributed by atoms with van der Waals surface area (Å²) in [5, 5.41) is 3.80. The second kappa shape index (κ2) is 5.94. The monoisotopic (exact) mass is 280 g/mol. The fourth-order valence-electron chi connectivity index (χ4n) is 4.00. The first-order valence-corrected chi connectivity index (χ1v) is 8.61. The molecule has 1 saturated carbocycles. The van der Waals surface area contributed by atoms with Crippen molar-refractivity contribution in [2.75, 3.05) is 39.4 Å². The van der Waals surface area contributed by atoms with E-state index in [0.29, 0.717) is 10.8 Å². The van der Waals surface area contributed by atoms with Crippen molar-refractivity contribution in [3.8, 4) is 0 Å². The van der Waals surface area contributed by atoms with Crippen molar-refractivity contribution in [2.24, 2.45) is 10.8 Å². The highest BCUT2D eigenvalue weighted by atomic mass is 16.5. The van der Waals surface area contributed by atoms with Gasteiger partial charge < -0.3 is 15.0 Å². The van der Waals surface area contributed by atoms with Crippen molar-refractivity contribution < 1.29 is 4.74 Å². The number of piperidine rings is 1. The lowest BCUT2D eigenvalue weighted by molar-refractivity contribution is -0.0172. The van der Waals surface area contributed by atoms with Crippen molar-refractivity contribution in [3.63, 3.8) is 0 Å². The first-order chi connectivity index (χ1) is 9.57. The van der Waals surface area contributed by atoms with E-state index in [4.69, 9.17) is 4.74 Å². The average Bonchev–Trinajstić information content (AvgIpc) is 3.20. The van der Waals surface area contributed by atoms with Gasteiger partial charge in [-0.2, -0.15) is 0 Å². The lowest BCUT2D eigenvalue weighted by Gasteiger charge is -2.45. The number of hydrogen-bond donors (Lipinski definition) is 1. The van der Waals surface area contributed by atoms with E-state index in [1.807, 2.05) is 0 Å². The van der Waals surface area contributed by atoms with Crippen molar-refractivity contribution >= 4 is 0 Å². The Labute approximate surface area is 124 Å². The van der Waals surface area contributed by atoms with Crippen LogP contribution in [0.3, 0.4) is 0 Å². The number of nitrogens with one attached hydrogen (secondary N) is 1. The molecule has 1 N–H and O–H groups in total. The van der Waals surface area contributed by atoms with Crippen molar-refractivity contribution in [1.82, 2.24) is 10.2 Å². The zero-order valence-corrected chi connectivity index (χ0v) is 13.4. The Morgan fingerprint density at radius 1 is 1.15 bits per heavy atom. The molecule has 1 aliphatic carbocycles. The van der Waals surface area contributed by atoms with Crippen LogP contribution in [0.4, 0.5) is 0 Å². The maximum atomic E-state index is 5.63. The highest BCUT2D eigenvalue weighted by Crippen LogP contribution is 2.35. The topological polar surface area (TPSA) is 24.5 Å². The highest BCUT2D eigenvalue weighted by molar-refractivity contribution is 4.92. The Morgan fingerprint density at radius 3 is 2.55 bits per heavy atom. The molecule has 3 fully saturated rings. The van der Waals surface area contributed by atoms with Gasteiger partial charge in [0.05, 0.1) is 0 Å². The molecule has 0 radical (unpaired) electrons. The molecule has 2 aliphatic heterocycles. The van der Waals surface area contributed by atoms with Crippen LogP contribution in [-0.2, 0) is 4.74 Å². The molecule has 3 aliphatic rings. The molecule has 3 rings (SSSR count). The number of hydrogen-bond acceptors (Lipinski definition) is 3. The van der Waals surface area contributed by atoms with Crippen LogP contribution in [0.25, 0.3) is 0 Å². The third kappa shape index (κ3) is 3.96. The Bertz CT molecular complexity index is 319. The number of ether oxygens (including phenoxy) is 1. The molecule has 0 spiro atoms. The van der Waals surface area contributed by atoms with E-state index in [2.05, 4.69) is 24.1 Å². The standard InChI is InChI=1S/C17H32N2O/c1-16(2)6-3-9-19(13-16)14-17(7-10-20-11-8-17)12-18-15-4-5-15/h15,18H,3-14H2,1-2H3. The second-order valence-electron chi connectivity index (χ2n) is 8.25. The molecule has 0 bridgehead atoms. The Balaban J connectivity index is 1.59. The molecule has 3 nitrogen and oxygen atoms in total. The van der Waals surface area contributed by atoms with Gasteiger partial charge in [-0.15, -0.1) is 0 Å². The molecule has 0 atom stereocenters. The SMILES string of the molecule is CC1(C)CCCN(CC2(CNC3CC3)CCOCC2)C1. The van der Waals surface area contributed by atoms with Crippen LogP contribution < -0.4 is 5.32 Å². The van der Waals surface area contributed by atoms with E-state index in [0.717, 1.165) is 19.3 Å². The van der Waals surface area contributed by atoms with Gasteiger partial charge in [0.25, 0.3) is 0 Å². The minimum Gasteiger partial charge on any atom is -0.381 e. The highest BCUT2D eigenvalue weighted by Gasteiger charge is 2.38. The number of rotatable bonds is 5. The molecule has 0 aromatic carbocycles. The fourth-order valence-corrected chi connectivity index (χ4v) is 4.00. The van der Waals surface area contributed by atoms with Crippen LogP contribution in [0.2, 0.25) is 0 Å². The van der Waals surface area contributed by atoms with E-state index in [-0.39, 0.29) is 0 Å². The van der Waals surface area contributed by atoms with Gasteiger partial charge in [-0.3, -0.25) is 0 Å². The van der Waals surface area contributed by atoms with E-state index in [1.54, 1.807) is 0 Å². The average molecular weight is 280 g/mol. The molecule has 2 heterocycles. The molecule has 0 amide bonds. The molecule has 0 unspecified atom stereocenters. The number of nitrogens with zero attached hydrogens (tertiary/aromatic N) is 1. The van der Waals surface area contributed by atoms with Crippen molar-refractivity contribution in [3.05, 3.63) is 0 Å². The first kappa shape index (κ1) is 14.8. The summed E-state index contributed by atoms with van der Waals surface area (Å²) in [5.74, 6) is 0. The van der Waals surface area contributed by atoms with Crippen LogP contribution in [0.15, 0.2) is 0 Å². The molecule has 20 heavy (non-hydrogen) atoms. The predicted octanol–water partition coefficient (Wildman–Crippen LogP) is 2.66. The van der Waals surface area contributed by atoms with Crippen molar-refractivity contribution in [1.29, 1.82) is 0 Å². The third-order valence-electron chi connectivity index (χ3n) is 5.44.